The van der Waals surface area contributed by atoms with Gasteiger partial charge in [-0.15, -0.1) is 24.8 Å². The van der Waals surface area contributed by atoms with Crippen LogP contribution in [-0.2, 0) is 10.2 Å². The normalized spacial score (nSPS) is 16.7. The van der Waals surface area contributed by atoms with Gasteiger partial charge in [0.2, 0.25) is 5.91 Å². The first kappa shape index (κ1) is 22.2. The van der Waals surface area contributed by atoms with E-state index in [1.807, 2.05) is 19.1 Å². The third-order valence-corrected chi connectivity index (χ3v) is 4.10. The highest BCUT2D eigenvalue weighted by atomic mass is 35.5. The van der Waals surface area contributed by atoms with Crippen molar-refractivity contribution in [3.8, 4) is 0 Å². The number of rotatable bonds is 3. The van der Waals surface area contributed by atoms with Crippen molar-refractivity contribution in [2.75, 3.05) is 31.5 Å². The fourth-order valence-electron chi connectivity index (χ4n) is 2.54. The second-order valence-corrected chi connectivity index (χ2v) is 6.78. The number of nitrogens with one attached hydrogen (secondary N) is 2. The summed E-state index contributed by atoms with van der Waals surface area (Å²) in [6.07, 6.45) is 0. The lowest BCUT2D eigenvalue weighted by Gasteiger charge is -2.31. The number of carbonyl (C=O) groups is 1. The third-order valence-electron chi connectivity index (χ3n) is 4.10. The smallest absolute Gasteiger partial charge is 0.241 e. The second-order valence-electron chi connectivity index (χ2n) is 6.78. The molecule has 0 spiro atoms. The molecule has 0 aliphatic carbocycles. The van der Waals surface area contributed by atoms with E-state index in [2.05, 4.69) is 48.4 Å². The van der Waals surface area contributed by atoms with E-state index in [4.69, 9.17) is 0 Å². The van der Waals surface area contributed by atoms with Crippen LogP contribution in [0.1, 0.15) is 33.3 Å². The van der Waals surface area contributed by atoms with Gasteiger partial charge in [-0.05, 0) is 30.0 Å². The van der Waals surface area contributed by atoms with Gasteiger partial charge in [-0.2, -0.15) is 0 Å². The molecule has 1 fully saturated rings. The Balaban J connectivity index is 0.00000242. The molecule has 0 aromatic heterocycles. The van der Waals surface area contributed by atoms with Crippen molar-refractivity contribution in [1.29, 1.82) is 0 Å². The summed E-state index contributed by atoms with van der Waals surface area (Å²) in [4.78, 5) is 14.5. The van der Waals surface area contributed by atoms with Crippen molar-refractivity contribution >= 4 is 36.4 Å². The van der Waals surface area contributed by atoms with E-state index in [0.29, 0.717) is 0 Å². The van der Waals surface area contributed by atoms with Gasteiger partial charge in [-0.25, -0.2) is 0 Å². The predicted molar refractivity (Wildman–Crippen MR) is 102 cm³/mol. The van der Waals surface area contributed by atoms with E-state index in [-0.39, 0.29) is 42.2 Å². The van der Waals surface area contributed by atoms with Gasteiger partial charge in [-0.1, -0.05) is 32.9 Å². The highest BCUT2D eigenvalue weighted by Gasteiger charge is 2.22. The van der Waals surface area contributed by atoms with E-state index >= 15 is 0 Å². The molecular weight excluding hydrogens is 333 g/mol. The van der Waals surface area contributed by atoms with E-state index in [9.17, 15) is 4.79 Å². The van der Waals surface area contributed by atoms with Crippen molar-refractivity contribution in [2.45, 2.75) is 39.2 Å². The molecule has 0 saturated carbocycles. The molecular formula is C17H29Cl2N3O. The molecule has 0 radical (unpaired) electrons. The number of hydrogen-bond donors (Lipinski definition) is 2. The lowest BCUT2D eigenvalue weighted by atomic mass is 9.87. The first-order chi connectivity index (χ1) is 9.88. The van der Waals surface area contributed by atoms with Crippen LogP contribution < -0.4 is 10.6 Å². The number of anilines is 1. The van der Waals surface area contributed by atoms with Crippen molar-refractivity contribution in [3.63, 3.8) is 0 Å². The summed E-state index contributed by atoms with van der Waals surface area (Å²) in [6.45, 7) is 12.3. The summed E-state index contributed by atoms with van der Waals surface area (Å²) in [5.41, 5.74) is 2.28. The van der Waals surface area contributed by atoms with Crippen LogP contribution in [0.4, 0.5) is 5.69 Å². The SMILES string of the molecule is CC(C(=O)Nc1ccc(C(C)(C)C)cc1)N1CCNCC1.Cl.Cl. The summed E-state index contributed by atoms with van der Waals surface area (Å²) in [6, 6.07) is 8.07. The molecule has 1 aliphatic heterocycles. The van der Waals surface area contributed by atoms with Gasteiger partial charge < -0.3 is 10.6 Å². The van der Waals surface area contributed by atoms with Gasteiger partial charge in [0.05, 0.1) is 6.04 Å². The molecule has 1 saturated heterocycles. The van der Waals surface area contributed by atoms with Gasteiger partial charge in [0.15, 0.2) is 0 Å². The third kappa shape index (κ3) is 6.30. The Kier molecular flexibility index (Phi) is 9.14. The van der Waals surface area contributed by atoms with Crippen LogP contribution in [0.3, 0.4) is 0 Å². The van der Waals surface area contributed by atoms with Crippen molar-refractivity contribution in [3.05, 3.63) is 29.8 Å². The number of nitrogens with zero attached hydrogens (tertiary/aromatic N) is 1. The minimum atomic E-state index is -0.0885. The Bertz CT molecular complexity index is 480. The lowest BCUT2D eigenvalue weighted by Crippen LogP contribution is -2.51. The van der Waals surface area contributed by atoms with Crippen LogP contribution in [0.15, 0.2) is 24.3 Å². The number of carbonyl (C=O) groups excluding carboxylic acids is 1. The molecule has 2 rings (SSSR count). The molecule has 132 valence electrons. The van der Waals surface area contributed by atoms with Gasteiger partial charge in [0, 0.05) is 31.9 Å². The Morgan fingerprint density at radius 2 is 1.65 bits per heavy atom. The summed E-state index contributed by atoms with van der Waals surface area (Å²) >= 11 is 0. The maximum atomic E-state index is 12.3. The van der Waals surface area contributed by atoms with Crippen LogP contribution in [0.25, 0.3) is 0 Å². The molecule has 23 heavy (non-hydrogen) atoms. The Labute approximate surface area is 152 Å². The summed E-state index contributed by atoms with van der Waals surface area (Å²) in [7, 11) is 0. The van der Waals surface area contributed by atoms with Gasteiger partial charge >= 0.3 is 0 Å². The predicted octanol–water partition coefficient (Wildman–Crippen LogP) is 3.06. The fourth-order valence-corrected chi connectivity index (χ4v) is 2.54. The number of hydrogen-bond acceptors (Lipinski definition) is 3. The number of halogens is 2. The maximum absolute atomic E-state index is 12.3. The van der Waals surface area contributed by atoms with Crippen LogP contribution in [0.2, 0.25) is 0 Å². The quantitative estimate of drug-likeness (QED) is 0.869. The summed E-state index contributed by atoms with van der Waals surface area (Å²) < 4.78 is 0. The standard InChI is InChI=1S/C17H27N3O.2ClH/c1-13(20-11-9-18-10-12-20)16(21)19-15-7-5-14(6-8-15)17(2,3)4;;/h5-8,13,18H,9-12H2,1-4H3,(H,19,21);2*1H. The molecule has 4 nitrogen and oxygen atoms in total. The molecule has 0 bridgehead atoms. The van der Waals surface area contributed by atoms with Crippen LogP contribution in [0, 0.1) is 0 Å². The number of amides is 1. The fraction of sp³-hybridized carbons (Fsp3) is 0.588. The van der Waals surface area contributed by atoms with Crippen LogP contribution in [0.5, 0.6) is 0 Å². The average Bonchev–Trinajstić information content (AvgIpc) is 2.47. The molecule has 1 aromatic rings. The van der Waals surface area contributed by atoms with E-state index in [1.54, 1.807) is 0 Å². The van der Waals surface area contributed by atoms with Crippen molar-refractivity contribution in [1.82, 2.24) is 10.2 Å². The average molecular weight is 362 g/mol. The highest BCUT2D eigenvalue weighted by molar-refractivity contribution is 5.94. The molecule has 1 unspecified atom stereocenters. The van der Waals surface area contributed by atoms with E-state index in [0.717, 1.165) is 31.9 Å². The zero-order valence-corrected chi connectivity index (χ0v) is 16.0. The first-order valence-electron chi connectivity index (χ1n) is 7.74. The summed E-state index contributed by atoms with van der Waals surface area (Å²) in [5.74, 6) is 0.0698. The zero-order valence-electron chi connectivity index (χ0n) is 14.4. The first-order valence-corrected chi connectivity index (χ1v) is 7.74. The van der Waals surface area contributed by atoms with Crippen molar-refractivity contribution in [2.24, 2.45) is 0 Å². The van der Waals surface area contributed by atoms with Gasteiger partial charge in [-0.3, -0.25) is 9.69 Å². The lowest BCUT2D eigenvalue weighted by molar-refractivity contribution is -0.120. The van der Waals surface area contributed by atoms with Gasteiger partial charge in [0.25, 0.3) is 0 Å². The largest absolute Gasteiger partial charge is 0.325 e. The number of piperazine rings is 1. The van der Waals surface area contributed by atoms with Gasteiger partial charge in [0.1, 0.15) is 0 Å². The Morgan fingerprint density at radius 1 is 1.13 bits per heavy atom. The van der Waals surface area contributed by atoms with Crippen molar-refractivity contribution < 1.29 is 4.79 Å². The Morgan fingerprint density at radius 3 is 2.13 bits per heavy atom. The monoisotopic (exact) mass is 361 g/mol. The molecule has 1 heterocycles. The zero-order chi connectivity index (χ0) is 15.5. The van der Waals surface area contributed by atoms with E-state index < -0.39 is 0 Å². The number of benzene rings is 1. The molecule has 2 N–H and O–H groups in total. The van der Waals surface area contributed by atoms with Crippen LogP contribution >= 0.6 is 24.8 Å². The topological polar surface area (TPSA) is 44.4 Å². The molecule has 1 aromatic carbocycles. The molecule has 1 amide bonds. The molecule has 1 aliphatic rings. The minimum absolute atomic E-state index is 0. The minimum Gasteiger partial charge on any atom is -0.325 e. The second kappa shape index (κ2) is 9.48. The molecule has 6 heteroatoms. The summed E-state index contributed by atoms with van der Waals surface area (Å²) in [5, 5.41) is 6.32. The Hall–Kier alpha value is -0.810. The highest BCUT2D eigenvalue weighted by Crippen LogP contribution is 2.23. The van der Waals surface area contributed by atoms with E-state index in [1.165, 1.54) is 5.56 Å². The molecule has 1 atom stereocenters. The van der Waals surface area contributed by atoms with Crippen LogP contribution in [-0.4, -0.2) is 43.0 Å². The maximum Gasteiger partial charge on any atom is 0.241 e.